The Kier molecular flexibility index (Phi) is 24.5. The molecule has 0 spiro atoms. The summed E-state index contributed by atoms with van der Waals surface area (Å²) in [7, 11) is 0. The standard InChI is InChI=1S/2C6H14O3/c2*1-2-8-5-6-9-4-3-7/h2*7H,2-6H2,1H3. The van der Waals surface area contributed by atoms with Crippen LogP contribution < -0.4 is 0 Å². The molecule has 6 heteroatoms. The third-order valence-corrected chi connectivity index (χ3v) is 1.62. The monoisotopic (exact) mass is 268 g/mol. The average Bonchev–Trinajstić information content (AvgIpc) is 2.39. The molecule has 0 aliphatic carbocycles. The fourth-order valence-corrected chi connectivity index (χ4v) is 0.858. The quantitative estimate of drug-likeness (QED) is 0.488. The number of aliphatic hydroxyl groups excluding tert-OH is 2. The molecule has 0 aromatic carbocycles. The Bertz CT molecular complexity index is 97.1. The van der Waals surface area contributed by atoms with Crippen molar-refractivity contribution in [1.82, 2.24) is 0 Å². The Morgan fingerprint density at radius 1 is 0.556 bits per heavy atom. The molecule has 0 unspecified atom stereocenters. The molecular formula is C12H28O6. The van der Waals surface area contributed by atoms with Crippen molar-refractivity contribution in [3.05, 3.63) is 0 Å². The van der Waals surface area contributed by atoms with Gasteiger partial charge in [-0.3, -0.25) is 0 Å². The maximum absolute atomic E-state index is 8.26. The van der Waals surface area contributed by atoms with E-state index in [0.29, 0.717) is 39.6 Å². The largest absolute Gasteiger partial charge is 0.394 e. The van der Waals surface area contributed by atoms with E-state index < -0.39 is 0 Å². The zero-order valence-electron chi connectivity index (χ0n) is 11.6. The van der Waals surface area contributed by atoms with Gasteiger partial charge in [0, 0.05) is 13.2 Å². The van der Waals surface area contributed by atoms with E-state index in [1.54, 1.807) is 0 Å². The van der Waals surface area contributed by atoms with Crippen LogP contribution in [0.2, 0.25) is 0 Å². The van der Waals surface area contributed by atoms with Crippen LogP contribution >= 0.6 is 0 Å². The van der Waals surface area contributed by atoms with Crippen LogP contribution in [0, 0.1) is 0 Å². The first-order valence-electron chi connectivity index (χ1n) is 6.36. The van der Waals surface area contributed by atoms with Gasteiger partial charge in [0.05, 0.1) is 52.9 Å². The smallest absolute Gasteiger partial charge is 0.0701 e. The third kappa shape index (κ3) is 24.8. The summed E-state index contributed by atoms with van der Waals surface area (Å²) in [6, 6.07) is 0. The summed E-state index contributed by atoms with van der Waals surface area (Å²) in [5, 5.41) is 16.5. The van der Waals surface area contributed by atoms with Gasteiger partial charge >= 0.3 is 0 Å². The summed E-state index contributed by atoms with van der Waals surface area (Å²) >= 11 is 0. The summed E-state index contributed by atoms with van der Waals surface area (Å²) in [6.45, 7) is 8.72. The molecule has 0 bridgehead atoms. The molecule has 0 aromatic rings. The molecule has 0 saturated heterocycles. The summed E-state index contributed by atoms with van der Waals surface area (Å²) < 4.78 is 19.8. The lowest BCUT2D eigenvalue weighted by Gasteiger charge is -2.00. The van der Waals surface area contributed by atoms with Crippen molar-refractivity contribution < 1.29 is 29.2 Å². The molecule has 0 saturated carbocycles. The third-order valence-electron chi connectivity index (χ3n) is 1.62. The predicted octanol–water partition coefficient (Wildman–Crippen LogP) is 0.0636. The van der Waals surface area contributed by atoms with Crippen LogP contribution in [0.4, 0.5) is 0 Å². The van der Waals surface area contributed by atoms with Gasteiger partial charge in [-0.2, -0.15) is 0 Å². The van der Waals surface area contributed by atoms with Crippen LogP contribution in [0.1, 0.15) is 13.8 Å². The zero-order chi connectivity index (χ0) is 13.9. The normalized spacial score (nSPS) is 10.0. The van der Waals surface area contributed by atoms with E-state index in [2.05, 4.69) is 0 Å². The lowest BCUT2D eigenvalue weighted by molar-refractivity contribution is 0.0370. The maximum Gasteiger partial charge on any atom is 0.0701 e. The minimum Gasteiger partial charge on any atom is -0.394 e. The molecule has 18 heavy (non-hydrogen) atoms. The van der Waals surface area contributed by atoms with Crippen molar-refractivity contribution in [2.75, 3.05) is 66.1 Å². The number of hydrogen-bond donors (Lipinski definition) is 2. The first-order chi connectivity index (χ1) is 8.83. The Morgan fingerprint density at radius 3 is 1.17 bits per heavy atom. The van der Waals surface area contributed by atoms with E-state index >= 15 is 0 Å². The molecule has 0 aromatic heterocycles. The minimum absolute atomic E-state index is 0.0894. The van der Waals surface area contributed by atoms with Gasteiger partial charge in [-0.25, -0.2) is 0 Å². The number of ether oxygens (including phenoxy) is 4. The number of rotatable bonds is 12. The zero-order valence-corrected chi connectivity index (χ0v) is 11.6. The van der Waals surface area contributed by atoms with E-state index in [4.69, 9.17) is 29.2 Å². The molecular weight excluding hydrogens is 240 g/mol. The van der Waals surface area contributed by atoms with E-state index in [1.165, 1.54) is 0 Å². The second-order valence-corrected chi connectivity index (χ2v) is 3.07. The molecule has 6 nitrogen and oxygen atoms in total. The minimum atomic E-state index is 0.0894. The summed E-state index contributed by atoms with van der Waals surface area (Å²) in [6.07, 6.45) is 0. The second-order valence-electron chi connectivity index (χ2n) is 3.07. The molecule has 112 valence electrons. The van der Waals surface area contributed by atoms with Gasteiger partial charge in [0.2, 0.25) is 0 Å². The molecule has 0 atom stereocenters. The Balaban J connectivity index is 0. The first kappa shape index (κ1) is 20.1. The fourth-order valence-electron chi connectivity index (χ4n) is 0.858. The lowest BCUT2D eigenvalue weighted by Crippen LogP contribution is -2.06. The highest BCUT2D eigenvalue weighted by atomic mass is 16.5. The molecule has 0 fully saturated rings. The molecule has 0 amide bonds. The van der Waals surface area contributed by atoms with Crippen LogP contribution in [-0.2, 0) is 18.9 Å². The molecule has 0 aliphatic rings. The second kappa shape index (κ2) is 22.0. The van der Waals surface area contributed by atoms with Crippen LogP contribution in [0.3, 0.4) is 0 Å². The average molecular weight is 268 g/mol. The van der Waals surface area contributed by atoms with Gasteiger partial charge in [-0.05, 0) is 13.8 Å². The van der Waals surface area contributed by atoms with E-state index in [1.807, 2.05) is 13.8 Å². The number of aliphatic hydroxyl groups is 2. The van der Waals surface area contributed by atoms with E-state index in [9.17, 15) is 0 Å². The predicted molar refractivity (Wildman–Crippen MR) is 68.8 cm³/mol. The highest BCUT2D eigenvalue weighted by molar-refractivity contribution is 4.28. The Morgan fingerprint density at radius 2 is 0.889 bits per heavy atom. The highest BCUT2D eigenvalue weighted by Gasteiger charge is 1.85. The lowest BCUT2D eigenvalue weighted by atomic mass is 10.7. The molecule has 0 aliphatic heterocycles. The maximum atomic E-state index is 8.26. The fraction of sp³-hybridized carbons (Fsp3) is 1.00. The molecule has 0 rings (SSSR count). The van der Waals surface area contributed by atoms with Gasteiger partial charge < -0.3 is 29.2 Å². The molecule has 2 N–H and O–H groups in total. The topological polar surface area (TPSA) is 77.4 Å². The Labute approximate surface area is 110 Å². The van der Waals surface area contributed by atoms with Crippen LogP contribution in [0.25, 0.3) is 0 Å². The SMILES string of the molecule is CCOCCOCCO.CCOCCOCCO. The van der Waals surface area contributed by atoms with Crippen molar-refractivity contribution in [2.45, 2.75) is 13.8 Å². The van der Waals surface area contributed by atoms with Crippen molar-refractivity contribution >= 4 is 0 Å². The van der Waals surface area contributed by atoms with E-state index in [0.717, 1.165) is 13.2 Å². The van der Waals surface area contributed by atoms with Crippen LogP contribution in [-0.4, -0.2) is 76.3 Å². The van der Waals surface area contributed by atoms with Gasteiger partial charge in [0.25, 0.3) is 0 Å². The van der Waals surface area contributed by atoms with Gasteiger partial charge in [-0.15, -0.1) is 0 Å². The van der Waals surface area contributed by atoms with E-state index in [-0.39, 0.29) is 13.2 Å². The van der Waals surface area contributed by atoms with Gasteiger partial charge in [-0.1, -0.05) is 0 Å². The van der Waals surface area contributed by atoms with Crippen LogP contribution in [0.15, 0.2) is 0 Å². The molecule has 0 heterocycles. The summed E-state index contributed by atoms with van der Waals surface area (Å²) in [5.41, 5.74) is 0. The van der Waals surface area contributed by atoms with Crippen molar-refractivity contribution in [2.24, 2.45) is 0 Å². The highest BCUT2D eigenvalue weighted by Crippen LogP contribution is 1.76. The summed E-state index contributed by atoms with van der Waals surface area (Å²) in [4.78, 5) is 0. The first-order valence-corrected chi connectivity index (χ1v) is 6.36. The van der Waals surface area contributed by atoms with Gasteiger partial charge in [0.1, 0.15) is 0 Å². The van der Waals surface area contributed by atoms with Crippen molar-refractivity contribution in [1.29, 1.82) is 0 Å². The summed E-state index contributed by atoms with van der Waals surface area (Å²) in [5.74, 6) is 0. The number of hydrogen-bond acceptors (Lipinski definition) is 6. The Hall–Kier alpha value is -0.240. The molecule has 0 radical (unpaired) electrons. The van der Waals surface area contributed by atoms with Crippen molar-refractivity contribution in [3.63, 3.8) is 0 Å². The van der Waals surface area contributed by atoms with Crippen LogP contribution in [0.5, 0.6) is 0 Å². The van der Waals surface area contributed by atoms with Gasteiger partial charge in [0.15, 0.2) is 0 Å². The van der Waals surface area contributed by atoms with Crippen molar-refractivity contribution in [3.8, 4) is 0 Å².